The van der Waals surface area contributed by atoms with Crippen LogP contribution in [-0.2, 0) is 16.1 Å². The van der Waals surface area contributed by atoms with Gasteiger partial charge >= 0.3 is 11.8 Å². The Balaban J connectivity index is 1.96. The van der Waals surface area contributed by atoms with Crippen molar-refractivity contribution in [1.29, 1.82) is 0 Å². The van der Waals surface area contributed by atoms with Crippen LogP contribution in [0.2, 0.25) is 0 Å². The second-order valence-electron chi connectivity index (χ2n) is 6.59. The fraction of sp³-hybridized carbons (Fsp3) is 0.286. The van der Waals surface area contributed by atoms with E-state index in [4.69, 9.17) is 4.74 Å². The quantitative estimate of drug-likeness (QED) is 0.581. The molecule has 3 N–H and O–H groups in total. The zero-order valence-corrected chi connectivity index (χ0v) is 16.8. The third-order valence-electron chi connectivity index (χ3n) is 4.08. The maximum Gasteiger partial charge on any atom is 0.313 e. The van der Waals surface area contributed by atoms with Crippen molar-refractivity contribution >= 4 is 23.4 Å². The summed E-state index contributed by atoms with van der Waals surface area (Å²) in [6, 6.07) is 13.9. The summed E-state index contributed by atoms with van der Waals surface area (Å²) in [5.41, 5.74) is 1.45. The first-order chi connectivity index (χ1) is 13.9. The van der Waals surface area contributed by atoms with Gasteiger partial charge in [0.2, 0.25) is 0 Å². The molecule has 0 aliphatic rings. The second-order valence-corrected chi connectivity index (χ2v) is 6.59. The Morgan fingerprint density at radius 2 is 1.62 bits per heavy atom. The Labute approximate surface area is 170 Å². The predicted molar refractivity (Wildman–Crippen MR) is 111 cm³/mol. The number of ether oxygens (including phenoxy) is 1. The van der Waals surface area contributed by atoms with Gasteiger partial charge in [-0.05, 0) is 43.9 Å². The number of amides is 3. The minimum absolute atomic E-state index is 0.271. The van der Waals surface area contributed by atoms with Gasteiger partial charge in [0.15, 0.2) is 0 Å². The monoisotopic (exact) mass is 398 g/mol. The van der Waals surface area contributed by atoms with Gasteiger partial charge in [0, 0.05) is 19.6 Å². The lowest BCUT2D eigenvalue weighted by molar-refractivity contribution is -0.136. The predicted octanol–water partition coefficient (Wildman–Crippen LogP) is 1.24. The van der Waals surface area contributed by atoms with Crippen molar-refractivity contribution < 1.29 is 19.1 Å². The lowest BCUT2D eigenvalue weighted by atomic mass is 10.1. The Hall–Kier alpha value is -3.39. The molecule has 8 nitrogen and oxygen atoms in total. The molecule has 0 unspecified atom stereocenters. The minimum Gasteiger partial charge on any atom is -0.497 e. The number of nitrogens with one attached hydrogen (secondary N) is 3. The first-order valence-electron chi connectivity index (χ1n) is 9.14. The van der Waals surface area contributed by atoms with E-state index in [-0.39, 0.29) is 17.2 Å². The highest BCUT2D eigenvalue weighted by Crippen LogP contribution is 2.16. The summed E-state index contributed by atoms with van der Waals surface area (Å²) < 4.78 is 5.11. The lowest BCUT2D eigenvalue weighted by Crippen LogP contribution is -2.39. The van der Waals surface area contributed by atoms with Crippen LogP contribution in [0, 0.1) is 0 Å². The van der Waals surface area contributed by atoms with Crippen molar-refractivity contribution in [3.8, 4) is 5.75 Å². The lowest BCUT2D eigenvalue weighted by Gasteiger charge is -2.13. The maximum absolute atomic E-state index is 12.6. The first-order valence-corrected chi connectivity index (χ1v) is 9.14. The number of hydrogen-bond donors (Lipinski definition) is 3. The summed E-state index contributed by atoms with van der Waals surface area (Å²) in [6.07, 6.45) is 0. The fourth-order valence-electron chi connectivity index (χ4n) is 2.46. The molecule has 0 radical (unpaired) electrons. The summed E-state index contributed by atoms with van der Waals surface area (Å²) >= 11 is 0. The van der Waals surface area contributed by atoms with Gasteiger partial charge in [-0.1, -0.05) is 24.3 Å². The van der Waals surface area contributed by atoms with E-state index in [0.29, 0.717) is 19.6 Å². The summed E-state index contributed by atoms with van der Waals surface area (Å²) in [7, 11) is 5.32. The number of carbonyl (C=O) groups excluding carboxylic acids is 3. The number of benzene rings is 2. The Bertz CT molecular complexity index is 850. The molecule has 0 heterocycles. The zero-order chi connectivity index (χ0) is 21.2. The molecule has 0 saturated heterocycles. The number of nitrogens with zero attached hydrogens (tertiary/aromatic N) is 1. The molecular weight excluding hydrogens is 372 g/mol. The Morgan fingerprint density at radius 1 is 0.931 bits per heavy atom. The zero-order valence-electron chi connectivity index (χ0n) is 16.8. The number of likely N-dealkylation sites (N-methyl/N-ethyl adjacent to an activating group) is 1. The highest BCUT2D eigenvalue weighted by Gasteiger charge is 2.17. The van der Waals surface area contributed by atoms with E-state index in [2.05, 4.69) is 16.0 Å². The fourth-order valence-corrected chi connectivity index (χ4v) is 2.46. The molecule has 2 aromatic carbocycles. The average Bonchev–Trinajstić information content (AvgIpc) is 2.72. The van der Waals surface area contributed by atoms with Gasteiger partial charge in [-0.2, -0.15) is 0 Å². The van der Waals surface area contributed by atoms with Crippen LogP contribution in [0.25, 0.3) is 0 Å². The standard InChI is InChI=1S/C21H26N4O4/c1-25(2)13-12-22-20(27)21(28)24-18-7-5-4-6-17(18)19(26)23-14-15-8-10-16(29-3)11-9-15/h4-11H,12-14H2,1-3H3,(H,22,27)(H,23,26)(H,24,28). The van der Waals surface area contributed by atoms with Crippen LogP contribution in [0.15, 0.2) is 48.5 Å². The smallest absolute Gasteiger partial charge is 0.313 e. The highest BCUT2D eigenvalue weighted by atomic mass is 16.5. The molecule has 0 aliphatic heterocycles. The van der Waals surface area contributed by atoms with E-state index in [1.807, 2.05) is 43.3 Å². The number of rotatable bonds is 8. The third-order valence-corrected chi connectivity index (χ3v) is 4.08. The van der Waals surface area contributed by atoms with Crippen LogP contribution in [-0.4, -0.2) is 56.9 Å². The molecule has 2 rings (SSSR count). The largest absolute Gasteiger partial charge is 0.497 e. The number of methoxy groups -OCH3 is 1. The van der Waals surface area contributed by atoms with Crippen molar-refractivity contribution in [2.24, 2.45) is 0 Å². The number of anilines is 1. The van der Waals surface area contributed by atoms with Crippen molar-refractivity contribution in [2.45, 2.75) is 6.54 Å². The van der Waals surface area contributed by atoms with Gasteiger partial charge in [0.25, 0.3) is 5.91 Å². The summed E-state index contributed by atoms with van der Waals surface area (Å²) in [5, 5.41) is 7.84. The van der Waals surface area contributed by atoms with Crippen LogP contribution < -0.4 is 20.7 Å². The summed E-state index contributed by atoms with van der Waals surface area (Å²) in [6.45, 7) is 1.28. The molecule has 0 atom stereocenters. The average molecular weight is 398 g/mol. The molecule has 3 amide bonds. The summed E-state index contributed by atoms with van der Waals surface area (Å²) in [4.78, 5) is 38.5. The molecule has 0 spiro atoms. The topological polar surface area (TPSA) is 99.8 Å². The first kappa shape index (κ1) is 21.9. The van der Waals surface area contributed by atoms with Crippen molar-refractivity contribution in [3.63, 3.8) is 0 Å². The molecule has 2 aromatic rings. The number of hydrogen-bond acceptors (Lipinski definition) is 5. The summed E-state index contributed by atoms with van der Waals surface area (Å²) in [5.74, 6) is -1.19. The van der Waals surface area contributed by atoms with E-state index in [1.54, 1.807) is 31.4 Å². The van der Waals surface area contributed by atoms with Gasteiger partial charge in [0.1, 0.15) is 5.75 Å². The molecule has 29 heavy (non-hydrogen) atoms. The molecule has 0 aromatic heterocycles. The van der Waals surface area contributed by atoms with Crippen LogP contribution in [0.4, 0.5) is 5.69 Å². The van der Waals surface area contributed by atoms with Gasteiger partial charge < -0.3 is 25.6 Å². The van der Waals surface area contributed by atoms with Crippen LogP contribution in [0.3, 0.4) is 0 Å². The highest BCUT2D eigenvalue weighted by molar-refractivity contribution is 6.40. The molecule has 0 saturated carbocycles. The molecule has 0 aliphatic carbocycles. The SMILES string of the molecule is COc1ccc(CNC(=O)c2ccccc2NC(=O)C(=O)NCCN(C)C)cc1. The van der Waals surface area contributed by atoms with Gasteiger partial charge in [-0.25, -0.2) is 0 Å². The van der Waals surface area contributed by atoms with E-state index in [9.17, 15) is 14.4 Å². The van der Waals surface area contributed by atoms with Gasteiger partial charge in [0.05, 0.1) is 18.4 Å². The van der Waals surface area contributed by atoms with E-state index in [0.717, 1.165) is 11.3 Å². The second kappa shape index (κ2) is 10.8. The molecule has 0 bridgehead atoms. The van der Waals surface area contributed by atoms with Crippen molar-refractivity contribution in [1.82, 2.24) is 15.5 Å². The van der Waals surface area contributed by atoms with Crippen LogP contribution in [0.1, 0.15) is 15.9 Å². The molecule has 0 fully saturated rings. The normalized spacial score (nSPS) is 10.3. The molecular formula is C21H26N4O4. The third kappa shape index (κ3) is 6.93. The molecule has 154 valence electrons. The van der Waals surface area contributed by atoms with E-state index in [1.165, 1.54) is 0 Å². The molecule has 8 heteroatoms. The number of carbonyl (C=O) groups is 3. The Morgan fingerprint density at radius 3 is 2.28 bits per heavy atom. The van der Waals surface area contributed by atoms with E-state index < -0.39 is 11.8 Å². The van der Waals surface area contributed by atoms with E-state index >= 15 is 0 Å². The van der Waals surface area contributed by atoms with Crippen molar-refractivity contribution in [2.75, 3.05) is 39.6 Å². The van der Waals surface area contributed by atoms with Crippen LogP contribution >= 0.6 is 0 Å². The van der Waals surface area contributed by atoms with Gasteiger partial charge in [-0.15, -0.1) is 0 Å². The number of para-hydroxylation sites is 1. The van der Waals surface area contributed by atoms with Gasteiger partial charge in [-0.3, -0.25) is 14.4 Å². The van der Waals surface area contributed by atoms with Crippen LogP contribution in [0.5, 0.6) is 5.75 Å². The Kier molecular flexibility index (Phi) is 8.17. The minimum atomic E-state index is -0.820. The maximum atomic E-state index is 12.6. The van der Waals surface area contributed by atoms with Crippen molar-refractivity contribution in [3.05, 3.63) is 59.7 Å².